The molecule has 0 aliphatic heterocycles. The van der Waals surface area contributed by atoms with Crippen LogP contribution in [-0.4, -0.2) is 27.6 Å². The molecule has 0 spiro atoms. The number of H-pyrrole nitrogens is 1. The standard InChI is InChI=1S/C24H24N4O3/c1-16-11-22-25-19(15-24(30)28(22)27-16)14-21(18-8-4-3-5-9-18)26-23(29)13-17-7-6-10-20(12-17)31-2/h3-12,15,21,27H,13-14H2,1-2H3,(H,26,29)/t21-/m1/s1. The van der Waals surface area contributed by atoms with Crippen LogP contribution in [0.1, 0.15) is 28.6 Å². The molecule has 2 heterocycles. The van der Waals surface area contributed by atoms with Gasteiger partial charge in [-0.1, -0.05) is 42.5 Å². The van der Waals surface area contributed by atoms with Gasteiger partial charge in [-0.25, -0.2) is 9.50 Å². The molecule has 4 rings (SSSR count). The van der Waals surface area contributed by atoms with Crippen LogP contribution in [0.15, 0.2) is 71.5 Å². The number of nitrogens with one attached hydrogen (secondary N) is 2. The summed E-state index contributed by atoms with van der Waals surface area (Å²) in [4.78, 5) is 29.9. The Labute approximate surface area is 179 Å². The average molecular weight is 416 g/mol. The molecule has 0 aliphatic rings. The summed E-state index contributed by atoms with van der Waals surface area (Å²) in [5.74, 6) is 0.599. The van der Waals surface area contributed by atoms with Gasteiger partial charge in [-0.15, -0.1) is 0 Å². The molecule has 2 N–H and O–H groups in total. The van der Waals surface area contributed by atoms with Crippen LogP contribution in [0.4, 0.5) is 0 Å². The Morgan fingerprint density at radius 1 is 1.13 bits per heavy atom. The molecule has 4 aromatic rings. The van der Waals surface area contributed by atoms with Gasteiger partial charge in [0.05, 0.1) is 25.3 Å². The van der Waals surface area contributed by atoms with Gasteiger partial charge in [0.15, 0.2) is 5.65 Å². The zero-order chi connectivity index (χ0) is 21.8. The maximum Gasteiger partial charge on any atom is 0.272 e. The fourth-order valence-corrected chi connectivity index (χ4v) is 3.63. The lowest BCUT2D eigenvalue weighted by Gasteiger charge is -2.19. The fourth-order valence-electron chi connectivity index (χ4n) is 3.63. The number of rotatable bonds is 7. The Kier molecular flexibility index (Phi) is 5.84. The van der Waals surface area contributed by atoms with Crippen molar-refractivity contribution >= 4 is 11.6 Å². The first-order valence-corrected chi connectivity index (χ1v) is 10.1. The molecule has 2 aromatic heterocycles. The van der Waals surface area contributed by atoms with Crippen LogP contribution >= 0.6 is 0 Å². The van der Waals surface area contributed by atoms with Crippen molar-refractivity contribution in [1.29, 1.82) is 0 Å². The molecular weight excluding hydrogens is 392 g/mol. The van der Waals surface area contributed by atoms with Gasteiger partial charge in [-0.2, -0.15) is 0 Å². The number of fused-ring (bicyclic) bond motifs is 1. The van der Waals surface area contributed by atoms with Gasteiger partial charge in [0, 0.05) is 24.2 Å². The van der Waals surface area contributed by atoms with Crippen LogP contribution in [0.25, 0.3) is 5.65 Å². The van der Waals surface area contributed by atoms with Crippen molar-refractivity contribution in [3.8, 4) is 5.75 Å². The van der Waals surface area contributed by atoms with E-state index in [1.807, 2.05) is 67.6 Å². The normalized spacial score (nSPS) is 11.9. The maximum atomic E-state index is 12.8. The van der Waals surface area contributed by atoms with Crippen molar-refractivity contribution in [2.24, 2.45) is 0 Å². The molecule has 0 unspecified atom stereocenters. The second-order valence-corrected chi connectivity index (χ2v) is 7.48. The molecule has 0 aliphatic carbocycles. The number of aryl methyl sites for hydroxylation is 1. The summed E-state index contributed by atoms with van der Waals surface area (Å²) in [6.45, 7) is 1.87. The highest BCUT2D eigenvalue weighted by Crippen LogP contribution is 2.19. The summed E-state index contributed by atoms with van der Waals surface area (Å²) in [5.41, 5.74) is 3.68. The minimum atomic E-state index is -0.311. The summed E-state index contributed by atoms with van der Waals surface area (Å²) < 4.78 is 6.65. The smallest absolute Gasteiger partial charge is 0.272 e. The molecule has 0 saturated carbocycles. The highest BCUT2D eigenvalue weighted by molar-refractivity contribution is 5.79. The van der Waals surface area contributed by atoms with Gasteiger partial charge in [0.2, 0.25) is 5.91 Å². The van der Waals surface area contributed by atoms with E-state index in [1.54, 1.807) is 7.11 Å². The minimum absolute atomic E-state index is 0.114. The molecule has 0 saturated heterocycles. The Bertz CT molecular complexity index is 1260. The number of hydrogen-bond acceptors (Lipinski definition) is 4. The average Bonchev–Trinajstić information content (AvgIpc) is 3.15. The van der Waals surface area contributed by atoms with Crippen molar-refractivity contribution in [2.45, 2.75) is 25.8 Å². The molecule has 7 heteroatoms. The zero-order valence-corrected chi connectivity index (χ0v) is 17.5. The SMILES string of the molecule is COc1cccc(CC(=O)N[C@H](Cc2cc(=O)n3[nH]c(C)cc3n2)c2ccccc2)c1. The highest BCUT2D eigenvalue weighted by atomic mass is 16.5. The van der Waals surface area contributed by atoms with Crippen LogP contribution in [-0.2, 0) is 17.6 Å². The van der Waals surface area contributed by atoms with E-state index in [0.717, 1.165) is 16.8 Å². The molecule has 2 aromatic carbocycles. The van der Waals surface area contributed by atoms with E-state index in [9.17, 15) is 9.59 Å². The van der Waals surface area contributed by atoms with Gasteiger partial charge in [0.25, 0.3) is 5.56 Å². The van der Waals surface area contributed by atoms with Gasteiger partial charge in [-0.05, 0) is 30.2 Å². The number of aromatic amines is 1. The van der Waals surface area contributed by atoms with Crippen molar-refractivity contribution in [2.75, 3.05) is 7.11 Å². The predicted molar refractivity (Wildman–Crippen MR) is 118 cm³/mol. The molecule has 1 amide bonds. The third-order valence-electron chi connectivity index (χ3n) is 5.08. The summed E-state index contributed by atoms with van der Waals surface area (Å²) >= 11 is 0. The van der Waals surface area contributed by atoms with Crippen molar-refractivity contribution < 1.29 is 9.53 Å². The molecule has 7 nitrogen and oxygen atoms in total. The minimum Gasteiger partial charge on any atom is -0.497 e. The summed E-state index contributed by atoms with van der Waals surface area (Å²) in [5, 5.41) is 6.07. The Hall–Kier alpha value is -3.87. The van der Waals surface area contributed by atoms with E-state index in [4.69, 9.17) is 4.74 Å². The topological polar surface area (TPSA) is 88.5 Å². The largest absolute Gasteiger partial charge is 0.497 e. The predicted octanol–water partition coefficient (Wildman–Crippen LogP) is 2.98. The third-order valence-corrected chi connectivity index (χ3v) is 5.08. The number of hydrogen-bond donors (Lipinski definition) is 2. The Balaban J connectivity index is 1.58. The monoisotopic (exact) mass is 416 g/mol. The van der Waals surface area contributed by atoms with Crippen LogP contribution in [0, 0.1) is 6.92 Å². The number of carbonyl (C=O) groups excluding carboxylic acids is 1. The van der Waals surface area contributed by atoms with E-state index >= 15 is 0 Å². The molecule has 0 bridgehead atoms. The van der Waals surface area contributed by atoms with Gasteiger partial charge in [0.1, 0.15) is 5.75 Å². The first-order chi connectivity index (χ1) is 15.0. The fraction of sp³-hybridized carbons (Fsp3) is 0.208. The van der Waals surface area contributed by atoms with E-state index in [2.05, 4.69) is 15.4 Å². The maximum absolute atomic E-state index is 12.8. The summed E-state index contributed by atoms with van der Waals surface area (Å²) in [7, 11) is 1.60. The lowest BCUT2D eigenvalue weighted by molar-refractivity contribution is -0.121. The molecule has 0 fully saturated rings. The Morgan fingerprint density at radius 3 is 2.71 bits per heavy atom. The quantitative estimate of drug-likeness (QED) is 0.485. The number of amides is 1. The van der Waals surface area contributed by atoms with E-state index in [-0.39, 0.29) is 23.9 Å². The van der Waals surface area contributed by atoms with E-state index in [0.29, 0.717) is 23.5 Å². The number of methoxy groups -OCH3 is 1. The van der Waals surface area contributed by atoms with Gasteiger partial charge >= 0.3 is 0 Å². The van der Waals surface area contributed by atoms with E-state index in [1.165, 1.54) is 10.6 Å². The van der Waals surface area contributed by atoms with Gasteiger partial charge < -0.3 is 10.1 Å². The summed E-state index contributed by atoms with van der Waals surface area (Å²) in [6.07, 6.45) is 0.635. The summed E-state index contributed by atoms with van der Waals surface area (Å²) in [6, 6.07) is 20.2. The first kappa shape index (κ1) is 20.4. The second kappa shape index (κ2) is 8.87. The number of nitrogens with zero attached hydrogens (tertiary/aromatic N) is 2. The highest BCUT2D eigenvalue weighted by Gasteiger charge is 2.18. The molecule has 1 atom stereocenters. The zero-order valence-electron chi connectivity index (χ0n) is 17.5. The van der Waals surface area contributed by atoms with Crippen molar-refractivity contribution in [3.63, 3.8) is 0 Å². The number of aromatic nitrogens is 3. The molecule has 31 heavy (non-hydrogen) atoms. The lowest BCUT2D eigenvalue weighted by Crippen LogP contribution is -2.31. The molecule has 0 radical (unpaired) electrons. The van der Waals surface area contributed by atoms with Crippen LogP contribution in [0.2, 0.25) is 0 Å². The van der Waals surface area contributed by atoms with E-state index < -0.39 is 0 Å². The Morgan fingerprint density at radius 2 is 1.94 bits per heavy atom. The number of benzene rings is 2. The van der Waals surface area contributed by atoms with Crippen LogP contribution in [0.3, 0.4) is 0 Å². The third kappa shape index (κ3) is 4.83. The van der Waals surface area contributed by atoms with Crippen molar-refractivity contribution in [3.05, 3.63) is 99.6 Å². The van der Waals surface area contributed by atoms with Crippen molar-refractivity contribution in [1.82, 2.24) is 19.9 Å². The van der Waals surface area contributed by atoms with Crippen LogP contribution in [0.5, 0.6) is 5.75 Å². The lowest BCUT2D eigenvalue weighted by atomic mass is 10.0. The van der Waals surface area contributed by atoms with Crippen LogP contribution < -0.4 is 15.6 Å². The second-order valence-electron chi connectivity index (χ2n) is 7.48. The number of ether oxygens (including phenoxy) is 1. The molecular formula is C24H24N4O3. The molecule has 158 valence electrons. The first-order valence-electron chi connectivity index (χ1n) is 10.1. The number of carbonyl (C=O) groups is 1. The van der Waals surface area contributed by atoms with Gasteiger partial charge in [-0.3, -0.25) is 14.7 Å².